The van der Waals surface area contributed by atoms with Crippen molar-refractivity contribution in [2.45, 2.75) is 0 Å². The Balaban J connectivity index is 3.11. The first-order chi connectivity index (χ1) is 1.91. The van der Waals surface area contributed by atoms with Gasteiger partial charge in [-0.15, -0.1) is 0 Å². The maximum absolute atomic E-state index is 5.91. The van der Waals surface area contributed by atoms with E-state index in [9.17, 15) is 0 Å². The Kier molecular flexibility index (Phi) is 2.11. The van der Waals surface area contributed by atoms with Gasteiger partial charge in [0, 0.05) is 0 Å². The van der Waals surface area contributed by atoms with Crippen LogP contribution in [0.1, 0.15) is 0 Å². The summed E-state index contributed by atoms with van der Waals surface area (Å²) in [7, 11) is 4.35. The average molecular weight is 51.8 g/mol. The predicted octanol–water partition coefficient (Wildman–Crippen LogP) is -0.177. The molecule has 0 aliphatic heterocycles. The monoisotopic (exact) mass is 52.0 g/mol. The minimum absolute atomic E-state index is 1.58. The second-order valence-electron chi connectivity index (χ2n) is 0.241. The lowest BCUT2D eigenvalue weighted by atomic mass is 10.5. The van der Waals surface area contributed by atoms with Gasteiger partial charge in [-0.2, -0.15) is 0 Å². The van der Waals surface area contributed by atoms with Gasteiger partial charge >= 0.3 is 0 Å². The number of hydrogen-bond donors (Lipinski definition) is 1. The molecule has 0 saturated carbocycles. The van der Waals surface area contributed by atoms with E-state index in [0.717, 1.165) is 0 Å². The van der Waals surface area contributed by atoms with Crippen molar-refractivity contribution in [1.82, 2.24) is 0 Å². The Bertz CT molecular complexity index is 44.0. The number of hydrogen-bond acceptors (Lipinski definition) is 2. The molecule has 1 N–H and O–H groups in total. The van der Waals surface area contributed by atoms with Crippen molar-refractivity contribution in [1.29, 1.82) is 5.41 Å². The molecule has 0 heterocycles. The first-order valence-corrected chi connectivity index (χ1v) is 0.732. The van der Waals surface area contributed by atoms with Crippen molar-refractivity contribution >= 4 is 14.0 Å². The van der Waals surface area contributed by atoms with Crippen molar-refractivity contribution in [3.8, 4) is 0 Å². The summed E-state index contributed by atoms with van der Waals surface area (Å²) in [6.07, 6.45) is 0. The fraction of sp³-hybridized carbons (Fsp3) is 0. The van der Waals surface area contributed by atoms with E-state index in [-0.39, 0.29) is 0 Å². The Morgan fingerprint density at radius 3 is 2.25 bits per heavy atom. The number of nitrogens with one attached hydrogen (secondary N) is 1. The molecule has 0 fully saturated rings. The molecule has 2 radical (unpaired) electrons. The summed E-state index contributed by atoms with van der Waals surface area (Å²) >= 11 is 0. The normalized spacial score (nSPS) is 4.00. The van der Waals surface area contributed by atoms with Gasteiger partial charge in [0.05, 0.1) is 6.01 Å². The molecule has 18 valence electrons. The van der Waals surface area contributed by atoms with Gasteiger partial charge in [0.1, 0.15) is 0 Å². The molecule has 0 aromatic carbocycles. The van der Waals surface area contributed by atoms with Gasteiger partial charge in [0.2, 0.25) is 0 Å². The lowest BCUT2D eigenvalue weighted by Crippen LogP contribution is -1.41. The van der Waals surface area contributed by atoms with Crippen LogP contribution in [0.2, 0.25) is 0 Å². The first kappa shape index (κ1) is 3.44. The van der Waals surface area contributed by atoms with Gasteiger partial charge in [-0.1, -0.05) is 0 Å². The highest BCUT2D eigenvalue weighted by Gasteiger charge is 1.27. The third kappa shape index (κ3) is 1.44. The van der Waals surface area contributed by atoms with Crippen LogP contribution >= 0.6 is 0 Å². The minimum Gasteiger partial charge on any atom is -0.302 e. The Morgan fingerprint density at radius 1 is 2.00 bits per heavy atom. The molecule has 0 spiro atoms. The van der Waals surface area contributed by atoms with E-state index in [2.05, 4.69) is 12.9 Å². The summed E-state index contributed by atoms with van der Waals surface area (Å²) < 4.78 is 0. The SMILES string of the molecule is [B]N=C=N. The Hall–Kier alpha value is -0.555. The molecule has 0 atom stereocenters. The highest BCUT2D eigenvalue weighted by molar-refractivity contribution is 6.07. The van der Waals surface area contributed by atoms with Crippen LogP contribution in [0.25, 0.3) is 0 Å². The molecule has 0 unspecified atom stereocenters. The zero-order chi connectivity index (χ0) is 3.41. The molecule has 0 bridgehead atoms. The highest BCUT2D eigenvalue weighted by Crippen LogP contribution is 1.25. The summed E-state index contributed by atoms with van der Waals surface area (Å²) in [4.78, 5) is 2.65. The van der Waals surface area contributed by atoms with Gasteiger partial charge in [-0.25, -0.2) is 5.41 Å². The molecular formula is CHBN2. The van der Waals surface area contributed by atoms with Gasteiger partial charge in [0.15, 0.2) is 0 Å². The second-order valence-corrected chi connectivity index (χ2v) is 0.241. The molecule has 0 amide bonds. The summed E-state index contributed by atoms with van der Waals surface area (Å²) in [5, 5.41) is 5.91. The molecule has 0 aromatic heterocycles. The van der Waals surface area contributed by atoms with Gasteiger partial charge in [-0.05, 0) is 0 Å². The average Bonchev–Trinajstić information content (AvgIpc) is 1.37. The molecule has 2 nitrogen and oxygen atoms in total. The van der Waals surface area contributed by atoms with E-state index < -0.39 is 0 Å². The second kappa shape index (κ2) is 2.44. The third-order valence-corrected chi connectivity index (χ3v) is 0.0645. The largest absolute Gasteiger partial charge is 0.302 e. The summed E-state index contributed by atoms with van der Waals surface area (Å²) in [5.74, 6) is 0. The van der Waals surface area contributed by atoms with Gasteiger partial charge in [-0.3, -0.25) is 0 Å². The molecule has 4 heavy (non-hydrogen) atoms. The Morgan fingerprint density at radius 2 is 2.25 bits per heavy atom. The van der Waals surface area contributed by atoms with Crippen LogP contribution in [0.3, 0.4) is 0 Å². The lowest BCUT2D eigenvalue weighted by molar-refractivity contribution is 1.57. The van der Waals surface area contributed by atoms with Crippen LogP contribution in [-0.4, -0.2) is 14.0 Å². The van der Waals surface area contributed by atoms with Crippen LogP contribution in [0, 0.1) is 5.41 Å². The predicted molar refractivity (Wildman–Crippen MR) is 15.9 cm³/mol. The van der Waals surface area contributed by atoms with Crippen LogP contribution < -0.4 is 0 Å². The zero-order valence-corrected chi connectivity index (χ0v) is 2.02. The molecule has 0 aliphatic rings. The Labute approximate surface area is 25.5 Å². The van der Waals surface area contributed by atoms with E-state index in [4.69, 9.17) is 5.41 Å². The van der Waals surface area contributed by atoms with Gasteiger partial charge in [0.25, 0.3) is 7.98 Å². The van der Waals surface area contributed by atoms with Crippen molar-refractivity contribution in [2.24, 2.45) is 4.90 Å². The third-order valence-electron chi connectivity index (χ3n) is 0.0645. The van der Waals surface area contributed by atoms with Crippen molar-refractivity contribution in [3.05, 3.63) is 0 Å². The van der Waals surface area contributed by atoms with Crippen LogP contribution in [0.15, 0.2) is 4.90 Å². The molecule has 3 heteroatoms. The maximum Gasteiger partial charge on any atom is 0.276 e. The van der Waals surface area contributed by atoms with E-state index in [0.29, 0.717) is 0 Å². The van der Waals surface area contributed by atoms with Crippen LogP contribution in [-0.2, 0) is 0 Å². The fourth-order valence-electron chi connectivity index (χ4n) is 0. The quantitative estimate of drug-likeness (QED) is 0.293. The van der Waals surface area contributed by atoms with Crippen LogP contribution in [0.5, 0.6) is 0 Å². The highest BCUT2D eigenvalue weighted by atomic mass is 14.6. The zero-order valence-electron chi connectivity index (χ0n) is 2.02. The number of nitrogens with zero attached hydrogens (tertiary/aromatic N) is 1. The lowest BCUT2D eigenvalue weighted by Gasteiger charge is -1.39. The molecule has 0 aliphatic carbocycles. The van der Waals surface area contributed by atoms with Crippen molar-refractivity contribution in [2.75, 3.05) is 0 Å². The number of rotatable bonds is 0. The van der Waals surface area contributed by atoms with E-state index in [1.807, 2.05) is 0 Å². The molecule has 0 saturated heterocycles. The van der Waals surface area contributed by atoms with Gasteiger partial charge < -0.3 is 4.90 Å². The van der Waals surface area contributed by atoms with Crippen molar-refractivity contribution < 1.29 is 0 Å². The summed E-state index contributed by atoms with van der Waals surface area (Å²) in [6, 6.07) is 1.58. The summed E-state index contributed by atoms with van der Waals surface area (Å²) in [6.45, 7) is 0. The van der Waals surface area contributed by atoms with Crippen molar-refractivity contribution in [3.63, 3.8) is 0 Å². The van der Waals surface area contributed by atoms with E-state index >= 15 is 0 Å². The minimum atomic E-state index is 1.58. The van der Waals surface area contributed by atoms with E-state index in [1.165, 1.54) is 0 Å². The topological polar surface area (TPSA) is 36.2 Å². The molecule has 0 aromatic rings. The standard InChI is InChI=1S/CHBN2/c2-4-1-3/h3H. The molecule has 0 rings (SSSR count). The fourth-order valence-corrected chi connectivity index (χ4v) is 0. The molecular weight excluding hydrogens is 50.8 g/mol. The first-order valence-electron chi connectivity index (χ1n) is 0.732. The summed E-state index contributed by atoms with van der Waals surface area (Å²) in [5.41, 5.74) is 0. The van der Waals surface area contributed by atoms with E-state index in [1.54, 1.807) is 6.01 Å². The maximum atomic E-state index is 5.91. The van der Waals surface area contributed by atoms with Crippen LogP contribution in [0.4, 0.5) is 0 Å². The smallest absolute Gasteiger partial charge is 0.276 e.